The van der Waals surface area contributed by atoms with Crippen LogP contribution in [0.5, 0.6) is 23.0 Å². The highest BCUT2D eigenvalue weighted by molar-refractivity contribution is 5.90. The first-order valence-electron chi connectivity index (χ1n) is 15.5. The predicted molar refractivity (Wildman–Crippen MR) is 170 cm³/mol. The van der Waals surface area contributed by atoms with Crippen molar-refractivity contribution < 1.29 is 19.1 Å². The van der Waals surface area contributed by atoms with E-state index in [1.807, 2.05) is 97.1 Å². The number of para-hydroxylation sites is 4. The molecule has 44 heavy (non-hydrogen) atoms. The molecule has 2 aliphatic heterocycles. The van der Waals surface area contributed by atoms with Crippen molar-refractivity contribution in [3.8, 4) is 23.0 Å². The molecule has 224 valence electrons. The molecule has 6 heteroatoms. The summed E-state index contributed by atoms with van der Waals surface area (Å²) in [6.45, 7) is 7.27. The first kappa shape index (κ1) is 28.2. The van der Waals surface area contributed by atoms with Crippen LogP contribution in [0.2, 0.25) is 0 Å². The van der Waals surface area contributed by atoms with Crippen LogP contribution in [-0.2, 0) is 9.59 Å². The largest absolute Gasteiger partial charge is 0.457 e. The Balaban J connectivity index is 1.10. The zero-order chi connectivity index (χ0) is 30.5. The van der Waals surface area contributed by atoms with Crippen LogP contribution in [0.1, 0.15) is 74.1 Å². The molecule has 0 radical (unpaired) electrons. The van der Waals surface area contributed by atoms with Gasteiger partial charge in [-0.25, -0.2) is 0 Å². The lowest BCUT2D eigenvalue weighted by Gasteiger charge is -2.47. The molecule has 1 saturated carbocycles. The smallest absolute Gasteiger partial charge is 0.232 e. The van der Waals surface area contributed by atoms with Crippen LogP contribution in [0, 0.1) is 10.8 Å². The van der Waals surface area contributed by atoms with Crippen molar-refractivity contribution in [2.75, 3.05) is 6.54 Å². The zero-order valence-corrected chi connectivity index (χ0v) is 25.4. The molecule has 3 aliphatic rings. The third-order valence-electron chi connectivity index (χ3n) is 9.36. The highest BCUT2D eigenvalue weighted by Crippen LogP contribution is 2.48. The molecule has 2 heterocycles. The summed E-state index contributed by atoms with van der Waals surface area (Å²) in [5.41, 5.74) is 3.29. The molecule has 6 nitrogen and oxygen atoms in total. The van der Waals surface area contributed by atoms with Gasteiger partial charge in [-0.1, -0.05) is 93.6 Å². The molecule has 2 amide bonds. The highest BCUT2D eigenvalue weighted by atomic mass is 16.5. The Bertz CT molecular complexity index is 1660. The van der Waals surface area contributed by atoms with Crippen LogP contribution >= 0.6 is 0 Å². The second-order valence-electron chi connectivity index (χ2n) is 13.7. The minimum absolute atomic E-state index is 0.0148. The number of hydrogen-bond donors (Lipinski definition) is 2. The third-order valence-corrected chi connectivity index (χ3v) is 9.36. The van der Waals surface area contributed by atoms with Gasteiger partial charge in [-0.15, -0.1) is 0 Å². The molecule has 1 aliphatic carbocycles. The minimum Gasteiger partial charge on any atom is -0.457 e. The van der Waals surface area contributed by atoms with Gasteiger partial charge < -0.3 is 20.1 Å². The summed E-state index contributed by atoms with van der Waals surface area (Å²) in [5, 5.41) is 6.76. The van der Waals surface area contributed by atoms with Gasteiger partial charge in [0.1, 0.15) is 23.0 Å². The molecular formula is C38H38N2O4. The van der Waals surface area contributed by atoms with Crippen molar-refractivity contribution in [1.82, 2.24) is 10.6 Å². The van der Waals surface area contributed by atoms with E-state index in [1.54, 1.807) is 0 Å². The van der Waals surface area contributed by atoms with Crippen molar-refractivity contribution in [2.45, 2.75) is 57.9 Å². The quantitative estimate of drug-likeness (QED) is 0.252. The first-order valence-corrected chi connectivity index (χ1v) is 15.5. The van der Waals surface area contributed by atoms with Crippen LogP contribution in [0.4, 0.5) is 0 Å². The normalized spacial score (nSPS) is 21.8. The van der Waals surface area contributed by atoms with Gasteiger partial charge in [-0.3, -0.25) is 9.59 Å². The van der Waals surface area contributed by atoms with Gasteiger partial charge in [0.2, 0.25) is 11.8 Å². The zero-order valence-electron chi connectivity index (χ0n) is 25.4. The molecule has 0 bridgehead atoms. The molecule has 4 aromatic carbocycles. The fourth-order valence-corrected chi connectivity index (χ4v) is 7.94. The van der Waals surface area contributed by atoms with E-state index in [1.165, 1.54) is 0 Å². The Hall–Kier alpha value is -4.58. The lowest BCUT2D eigenvalue weighted by Crippen LogP contribution is -2.51. The SMILES string of the molecule is CC1(C)CC(NC(=O)C2c3ccccc3Oc3ccccc32)CC(C)(CNC(=O)C2c3ccccc3Oc3ccccc32)C1. The van der Waals surface area contributed by atoms with Crippen molar-refractivity contribution >= 4 is 11.8 Å². The standard InChI is InChI=1S/C38H38N2O4/c1-37(2)20-24(40-36(42)34-27-14-6-10-18-31(27)44-32-19-11-7-15-28(32)34)21-38(3,22-37)23-39-35(41)33-25-12-4-8-16-29(25)43-30-17-9-5-13-26(30)33/h4-19,24,33-34H,20-23H2,1-3H3,(H,39,41)(H,40,42). The number of amides is 2. The van der Waals surface area contributed by atoms with Crippen molar-refractivity contribution in [3.63, 3.8) is 0 Å². The monoisotopic (exact) mass is 586 g/mol. The van der Waals surface area contributed by atoms with Crippen molar-refractivity contribution in [3.05, 3.63) is 119 Å². The Morgan fingerprint density at radius 3 is 1.50 bits per heavy atom. The van der Waals surface area contributed by atoms with Crippen LogP contribution < -0.4 is 20.1 Å². The number of carbonyl (C=O) groups is 2. The van der Waals surface area contributed by atoms with Crippen molar-refractivity contribution in [2.24, 2.45) is 10.8 Å². The summed E-state index contributed by atoms with van der Waals surface area (Å²) < 4.78 is 12.3. The Labute approximate surface area is 258 Å². The second kappa shape index (κ2) is 10.8. The number of rotatable bonds is 5. The number of ether oxygens (including phenoxy) is 2. The number of benzene rings is 4. The molecule has 7 rings (SSSR count). The average molecular weight is 587 g/mol. The van der Waals surface area contributed by atoms with E-state index in [4.69, 9.17) is 9.47 Å². The van der Waals surface area contributed by atoms with Crippen LogP contribution in [0.3, 0.4) is 0 Å². The lowest BCUT2D eigenvalue weighted by molar-refractivity contribution is -0.125. The average Bonchev–Trinajstić information content (AvgIpc) is 3.00. The molecule has 0 spiro atoms. The molecule has 0 aromatic heterocycles. The van der Waals surface area contributed by atoms with Gasteiger partial charge in [0.15, 0.2) is 0 Å². The molecule has 4 aromatic rings. The van der Waals surface area contributed by atoms with Crippen LogP contribution in [0.15, 0.2) is 97.1 Å². The Morgan fingerprint density at radius 2 is 1.05 bits per heavy atom. The van der Waals surface area contributed by atoms with Gasteiger partial charge in [-0.2, -0.15) is 0 Å². The van der Waals surface area contributed by atoms with Gasteiger partial charge in [-0.05, 0) is 54.4 Å². The summed E-state index contributed by atoms with van der Waals surface area (Å²) >= 11 is 0. The molecule has 0 saturated heterocycles. The topological polar surface area (TPSA) is 76.7 Å². The summed E-state index contributed by atoms with van der Waals surface area (Å²) in [7, 11) is 0. The lowest BCUT2D eigenvalue weighted by atomic mass is 9.62. The summed E-state index contributed by atoms with van der Waals surface area (Å²) in [6.07, 6.45) is 2.59. The van der Waals surface area contributed by atoms with E-state index in [-0.39, 0.29) is 28.7 Å². The Kier molecular flexibility index (Phi) is 6.95. The molecule has 1 fully saturated rings. The van der Waals surface area contributed by atoms with Crippen molar-refractivity contribution in [1.29, 1.82) is 0 Å². The summed E-state index contributed by atoms with van der Waals surface area (Å²) in [5.74, 6) is 1.94. The van der Waals surface area contributed by atoms with E-state index in [9.17, 15) is 9.59 Å². The maximum Gasteiger partial charge on any atom is 0.232 e. The van der Waals surface area contributed by atoms with E-state index >= 15 is 0 Å². The molecule has 2 atom stereocenters. The van der Waals surface area contributed by atoms with Crippen LogP contribution in [-0.4, -0.2) is 24.4 Å². The maximum absolute atomic E-state index is 14.1. The van der Waals surface area contributed by atoms with Gasteiger partial charge in [0, 0.05) is 34.8 Å². The van der Waals surface area contributed by atoms with Crippen LogP contribution in [0.25, 0.3) is 0 Å². The first-order chi connectivity index (χ1) is 21.2. The predicted octanol–water partition coefficient (Wildman–Crippen LogP) is 7.68. The van der Waals surface area contributed by atoms with E-state index in [2.05, 4.69) is 31.4 Å². The number of carbonyl (C=O) groups excluding carboxylic acids is 2. The number of fused-ring (bicyclic) bond motifs is 4. The van der Waals surface area contributed by atoms with E-state index < -0.39 is 11.8 Å². The van der Waals surface area contributed by atoms with Gasteiger partial charge in [0.25, 0.3) is 0 Å². The molecule has 2 unspecified atom stereocenters. The maximum atomic E-state index is 14.1. The molecular weight excluding hydrogens is 548 g/mol. The summed E-state index contributed by atoms with van der Waals surface area (Å²) in [6, 6.07) is 31.1. The molecule has 2 N–H and O–H groups in total. The van der Waals surface area contributed by atoms with Gasteiger partial charge in [0.05, 0.1) is 11.8 Å². The van der Waals surface area contributed by atoms with Gasteiger partial charge >= 0.3 is 0 Å². The van der Waals surface area contributed by atoms with E-state index in [0.29, 0.717) is 6.54 Å². The summed E-state index contributed by atoms with van der Waals surface area (Å²) in [4.78, 5) is 28.0. The fourth-order valence-electron chi connectivity index (χ4n) is 7.94. The minimum atomic E-state index is -0.444. The Morgan fingerprint density at radius 1 is 0.636 bits per heavy atom. The number of hydrogen-bond acceptors (Lipinski definition) is 4. The highest BCUT2D eigenvalue weighted by Gasteiger charge is 2.44. The third kappa shape index (κ3) is 5.23. The van der Waals surface area contributed by atoms with E-state index in [0.717, 1.165) is 64.5 Å². The fraction of sp³-hybridized carbons (Fsp3) is 0.316. The second-order valence-corrected chi connectivity index (χ2v) is 13.7. The number of nitrogens with one attached hydrogen (secondary N) is 2.